The van der Waals surface area contributed by atoms with Crippen LogP contribution in [0.5, 0.6) is 5.75 Å². The van der Waals surface area contributed by atoms with Crippen LogP contribution in [0.25, 0.3) is 0 Å². The van der Waals surface area contributed by atoms with E-state index >= 15 is 0 Å². The Balaban J connectivity index is 1.52. The van der Waals surface area contributed by atoms with E-state index in [1.54, 1.807) is 6.07 Å². The minimum absolute atomic E-state index is 0.0583. The van der Waals surface area contributed by atoms with Gasteiger partial charge in [0.25, 0.3) is 5.91 Å². The van der Waals surface area contributed by atoms with Crippen molar-refractivity contribution in [2.24, 2.45) is 0 Å². The molecule has 1 aliphatic heterocycles. The second-order valence-electron chi connectivity index (χ2n) is 8.51. The van der Waals surface area contributed by atoms with Crippen LogP contribution < -0.4 is 4.90 Å². The predicted octanol–water partition coefficient (Wildman–Crippen LogP) is 5.32. The van der Waals surface area contributed by atoms with Gasteiger partial charge in [-0.25, -0.2) is 0 Å². The summed E-state index contributed by atoms with van der Waals surface area (Å²) in [6.07, 6.45) is 1.80. The van der Waals surface area contributed by atoms with Crippen molar-refractivity contribution in [3.63, 3.8) is 0 Å². The van der Waals surface area contributed by atoms with Gasteiger partial charge in [0.15, 0.2) is 0 Å². The summed E-state index contributed by atoms with van der Waals surface area (Å²) in [4.78, 5) is 17.9. The zero-order valence-corrected chi connectivity index (χ0v) is 18.3. The highest BCUT2D eigenvalue weighted by Gasteiger charge is 2.30. The molecule has 0 spiro atoms. The Morgan fingerprint density at radius 3 is 2.10 bits per heavy atom. The third-order valence-corrected chi connectivity index (χ3v) is 6.14. The molecule has 4 heteroatoms. The number of carbonyl (C=O) groups is 1. The van der Waals surface area contributed by atoms with Gasteiger partial charge in [-0.3, -0.25) is 9.69 Å². The van der Waals surface area contributed by atoms with Crippen molar-refractivity contribution in [3.8, 4) is 5.75 Å². The molecule has 1 N–H and O–H groups in total. The fraction of sp³-hybridized carbons (Fsp3) is 0.296. The van der Waals surface area contributed by atoms with Crippen LogP contribution in [0.4, 0.5) is 5.69 Å². The molecule has 0 aliphatic carbocycles. The summed E-state index contributed by atoms with van der Waals surface area (Å²) in [5.41, 5.74) is 4.96. The second-order valence-corrected chi connectivity index (χ2v) is 8.51. The molecule has 4 rings (SSSR count). The van der Waals surface area contributed by atoms with Gasteiger partial charge in [-0.05, 0) is 57.0 Å². The highest BCUT2D eigenvalue weighted by atomic mass is 16.3. The molecule has 1 saturated heterocycles. The molecular formula is C27H30N2O2. The van der Waals surface area contributed by atoms with Crippen LogP contribution in [0.2, 0.25) is 0 Å². The highest BCUT2D eigenvalue weighted by molar-refractivity contribution is 6.06. The van der Waals surface area contributed by atoms with Gasteiger partial charge in [0, 0.05) is 42.5 Å². The Hall–Kier alpha value is -3.11. The van der Waals surface area contributed by atoms with Crippen molar-refractivity contribution in [3.05, 3.63) is 95.1 Å². The summed E-state index contributed by atoms with van der Waals surface area (Å²) in [5.74, 6) is 0.406. The van der Waals surface area contributed by atoms with Gasteiger partial charge in [0.05, 0.1) is 0 Å². The van der Waals surface area contributed by atoms with Crippen LogP contribution in [-0.2, 0) is 6.54 Å². The van der Waals surface area contributed by atoms with Crippen LogP contribution in [0.15, 0.2) is 72.8 Å². The van der Waals surface area contributed by atoms with Crippen LogP contribution in [0.3, 0.4) is 0 Å². The summed E-state index contributed by atoms with van der Waals surface area (Å²) >= 11 is 0. The number of amides is 1. The molecule has 0 radical (unpaired) electrons. The van der Waals surface area contributed by atoms with Crippen LogP contribution in [-0.4, -0.2) is 35.0 Å². The summed E-state index contributed by atoms with van der Waals surface area (Å²) in [6, 6.07) is 23.7. The number of aryl methyl sites for hydroxylation is 2. The van der Waals surface area contributed by atoms with E-state index in [1.807, 2.05) is 54.3 Å². The molecule has 0 unspecified atom stereocenters. The summed E-state index contributed by atoms with van der Waals surface area (Å²) in [6.45, 7) is 6.61. The molecule has 1 aliphatic rings. The number of piperidine rings is 1. The molecule has 0 saturated carbocycles. The minimum atomic E-state index is 0.0583. The molecule has 3 aromatic rings. The first kappa shape index (κ1) is 21.1. The predicted molar refractivity (Wildman–Crippen MR) is 126 cm³/mol. The lowest BCUT2D eigenvalue weighted by Crippen LogP contribution is -2.47. The van der Waals surface area contributed by atoms with Gasteiger partial charge in [0.1, 0.15) is 5.75 Å². The molecule has 3 aromatic carbocycles. The maximum absolute atomic E-state index is 13.5. The molecule has 0 aromatic heterocycles. The number of anilines is 1. The molecule has 1 heterocycles. The van der Waals surface area contributed by atoms with Gasteiger partial charge in [-0.15, -0.1) is 0 Å². The lowest BCUT2D eigenvalue weighted by atomic mass is 9.99. The second kappa shape index (κ2) is 9.36. The number of phenols is 1. The Morgan fingerprint density at radius 2 is 1.48 bits per heavy atom. The third kappa shape index (κ3) is 4.97. The number of carbonyl (C=O) groups excluding carboxylic acids is 1. The smallest absolute Gasteiger partial charge is 0.258 e. The number of benzene rings is 3. The van der Waals surface area contributed by atoms with Gasteiger partial charge in [0.2, 0.25) is 0 Å². The topological polar surface area (TPSA) is 43.8 Å². The Morgan fingerprint density at radius 1 is 0.903 bits per heavy atom. The van der Waals surface area contributed by atoms with E-state index in [0.29, 0.717) is 5.75 Å². The molecule has 1 amide bonds. The number of hydrogen-bond acceptors (Lipinski definition) is 3. The Kier molecular flexibility index (Phi) is 6.38. The van der Waals surface area contributed by atoms with E-state index < -0.39 is 0 Å². The molecule has 0 bridgehead atoms. The van der Waals surface area contributed by atoms with Gasteiger partial charge >= 0.3 is 0 Å². The first-order chi connectivity index (χ1) is 15.0. The fourth-order valence-corrected chi connectivity index (χ4v) is 4.26. The average molecular weight is 415 g/mol. The Bertz CT molecular complexity index is 1020. The summed E-state index contributed by atoms with van der Waals surface area (Å²) in [5, 5.41) is 10.1. The van der Waals surface area contributed by atoms with E-state index in [9.17, 15) is 9.90 Å². The largest absolute Gasteiger partial charge is 0.508 e. The van der Waals surface area contributed by atoms with Gasteiger partial charge in [-0.2, -0.15) is 0 Å². The number of hydrogen-bond donors (Lipinski definition) is 1. The monoisotopic (exact) mass is 414 g/mol. The zero-order valence-electron chi connectivity index (χ0n) is 18.3. The van der Waals surface area contributed by atoms with E-state index in [2.05, 4.69) is 36.1 Å². The quantitative estimate of drug-likeness (QED) is 0.614. The van der Waals surface area contributed by atoms with Gasteiger partial charge in [-0.1, -0.05) is 53.6 Å². The van der Waals surface area contributed by atoms with Crippen molar-refractivity contribution in [1.82, 2.24) is 4.90 Å². The van der Waals surface area contributed by atoms with Crippen LogP contribution in [0.1, 0.15) is 39.9 Å². The van der Waals surface area contributed by atoms with Crippen LogP contribution >= 0.6 is 0 Å². The highest BCUT2D eigenvalue weighted by Crippen LogP contribution is 2.28. The molecule has 1 fully saturated rings. The zero-order chi connectivity index (χ0) is 21.8. The molecular weight excluding hydrogens is 384 g/mol. The first-order valence-corrected chi connectivity index (χ1v) is 11.0. The minimum Gasteiger partial charge on any atom is -0.508 e. The third-order valence-electron chi connectivity index (χ3n) is 6.14. The number of nitrogens with zero attached hydrogens (tertiary/aromatic N) is 2. The van der Waals surface area contributed by atoms with E-state index in [0.717, 1.165) is 54.9 Å². The number of phenolic OH excluding ortho intramolecular Hbond substituents is 1. The van der Waals surface area contributed by atoms with Crippen molar-refractivity contribution in [2.45, 2.75) is 39.3 Å². The molecule has 0 atom stereocenters. The van der Waals surface area contributed by atoms with Crippen molar-refractivity contribution < 1.29 is 9.90 Å². The number of likely N-dealkylation sites (tertiary alicyclic amines) is 1. The number of rotatable bonds is 5. The Labute approximate surface area is 184 Å². The lowest BCUT2D eigenvalue weighted by molar-refractivity contribution is 0.0958. The first-order valence-electron chi connectivity index (χ1n) is 11.0. The SMILES string of the molecule is Cc1ccc(C(=O)N(c2ccc(C)cc2)C2CCN(Cc3ccccc3O)CC2)cc1. The van der Waals surface area contributed by atoms with E-state index in [4.69, 9.17) is 0 Å². The maximum atomic E-state index is 13.5. The van der Waals surface area contributed by atoms with E-state index in [1.165, 1.54) is 5.56 Å². The van der Waals surface area contributed by atoms with Gasteiger partial charge < -0.3 is 10.0 Å². The van der Waals surface area contributed by atoms with Crippen molar-refractivity contribution in [2.75, 3.05) is 18.0 Å². The standard InChI is InChI=1S/C27H30N2O2/c1-20-7-11-22(12-8-20)27(31)29(24-13-9-21(2)10-14-24)25-15-17-28(18-16-25)19-23-5-3-4-6-26(23)30/h3-14,25,30H,15-19H2,1-2H3. The van der Waals surface area contributed by atoms with Crippen LogP contribution in [0, 0.1) is 13.8 Å². The normalized spacial score (nSPS) is 15.0. The fourth-order valence-electron chi connectivity index (χ4n) is 4.26. The van der Waals surface area contributed by atoms with Crippen molar-refractivity contribution >= 4 is 11.6 Å². The lowest BCUT2D eigenvalue weighted by Gasteiger charge is -2.38. The molecule has 31 heavy (non-hydrogen) atoms. The number of para-hydroxylation sites is 1. The average Bonchev–Trinajstić information content (AvgIpc) is 2.78. The van der Waals surface area contributed by atoms with Crippen molar-refractivity contribution in [1.29, 1.82) is 0 Å². The van der Waals surface area contributed by atoms with E-state index in [-0.39, 0.29) is 11.9 Å². The molecule has 160 valence electrons. The molecule has 4 nitrogen and oxygen atoms in total. The maximum Gasteiger partial charge on any atom is 0.258 e. The summed E-state index contributed by atoms with van der Waals surface area (Å²) < 4.78 is 0. The summed E-state index contributed by atoms with van der Waals surface area (Å²) in [7, 11) is 0. The number of aromatic hydroxyl groups is 1.